The van der Waals surface area contributed by atoms with Crippen molar-refractivity contribution < 1.29 is 9.84 Å². The molecule has 1 aromatic carbocycles. The molecule has 0 saturated heterocycles. The summed E-state index contributed by atoms with van der Waals surface area (Å²) in [6.07, 6.45) is -0.934. The number of hydrazone groups is 1. The standard InChI is InChI=1S/C19H24N6O4/c1-11(2)22-23-18-20-16-15(17(27)21-19(28)24(16)4)25(18)9-13(26)10-29-14-8-6-5-7-12(14)3/h5-8,13,26H,9-10H2,1-4H3,(H,20,23)(H,21,27,28)/t13-/m1/s1. The Labute approximate surface area is 166 Å². The minimum absolute atomic E-state index is 0.0176. The molecule has 0 bridgehead atoms. The van der Waals surface area contributed by atoms with E-state index in [1.54, 1.807) is 13.8 Å². The molecule has 3 rings (SSSR count). The summed E-state index contributed by atoms with van der Waals surface area (Å²) in [4.78, 5) is 30.9. The van der Waals surface area contributed by atoms with Crippen molar-refractivity contribution in [1.82, 2.24) is 19.1 Å². The topological polar surface area (TPSA) is 127 Å². The maximum atomic E-state index is 12.4. The van der Waals surface area contributed by atoms with Crippen molar-refractivity contribution in [3.8, 4) is 5.75 Å². The molecule has 0 amide bonds. The highest BCUT2D eigenvalue weighted by molar-refractivity contribution is 5.80. The van der Waals surface area contributed by atoms with Gasteiger partial charge < -0.3 is 14.4 Å². The molecule has 0 saturated carbocycles. The third-order valence-electron chi connectivity index (χ3n) is 4.30. The molecule has 2 heterocycles. The highest BCUT2D eigenvalue weighted by Gasteiger charge is 2.20. The van der Waals surface area contributed by atoms with Gasteiger partial charge in [-0.25, -0.2) is 10.2 Å². The molecule has 0 aliphatic rings. The van der Waals surface area contributed by atoms with Crippen LogP contribution in [0.2, 0.25) is 0 Å². The number of fused-ring (bicyclic) bond motifs is 1. The van der Waals surface area contributed by atoms with Crippen molar-refractivity contribution in [1.29, 1.82) is 0 Å². The molecule has 0 spiro atoms. The second kappa shape index (κ2) is 8.31. The first kappa shape index (κ1) is 20.3. The van der Waals surface area contributed by atoms with Crippen LogP contribution >= 0.6 is 0 Å². The zero-order valence-electron chi connectivity index (χ0n) is 16.8. The van der Waals surface area contributed by atoms with E-state index >= 15 is 0 Å². The van der Waals surface area contributed by atoms with Crippen molar-refractivity contribution in [2.75, 3.05) is 12.0 Å². The van der Waals surface area contributed by atoms with Gasteiger partial charge in [-0.15, -0.1) is 0 Å². The van der Waals surface area contributed by atoms with E-state index in [4.69, 9.17) is 4.74 Å². The maximum Gasteiger partial charge on any atom is 0.329 e. The van der Waals surface area contributed by atoms with E-state index in [2.05, 4.69) is 20.5 Å². The summed E-state index contributed by atoms with van der Waals surface area (Å²) in [5, 5.41) is 14.6. The van der Waals surface area contributed by atoms with E-state index in [0.29, 0.717) is 5.75 Å². The van der Waals surface area contributed by atoms with Gasteiger partial charge in [-0.2, -0.15) is 10.1 Å². The van der Waals surface area contributed by atoms with E-state index < -0.39 is 17.4 Å². The summed E-state index contributed by atoms with van der Waals surface area (Å²) in [5.74, 6) is 0.912. The zero-order valence-corrected chi connectivity index (χ0v) is 16.8. The number of H-pyrrole nitrogens is 1. The lowest BCUT2D eigenvalue weighted by molar-refractivity contribution is 0.0935. The minimum Gasteiger partial charge on any atom is -0.491 e. The molecule has 0 fully saturated rings. The Morgan fingerprint density at radius 3 is 2.76 bits per heavy atom. The van der Waals surface area contributed by atoms with Crippen molar-refractivity contribution in [2.45, 2.75) is 33.4 Å². The smallest absolute Gasteiger partial charge is 0.329 e. The van der Waals surface area contributed by atoms with Gasteiger partial charge in [0.05, 0.1) is 6.54 Å². The van der Waals surface area contributed by atoms with Gasteiger partial charge in [0.25, 0.3) is 5.56 Å². The fourth-order valence-electron chi connectivity index (χ4n) is 2.83. The number of aryl methyl sites for hydroxylation is 2. The van der Waals surface area contributed by atoms with Gasteiger partial charge in [-0.1, -0.05) is 18.2 Å². The summed E-state index contributed by atoms with van der Waals surface area (Å²) in [5.41, 5.74) is 3.67. The number of aliphatic hydroxyl groups is 1. The molecule has 0 aliphatic heterocycles. The maximum absolute atomic E-state index is 12.4. The number of rotatable bonds is 7. The average molecular weight is 400 g/mol. The Morgan fingerprint density at radius 1 is 1.34 bits per heavy atom. The Kier molecular flexibility index (Phi) is 5.83. The van der Waals surface area contributed by atoms with Crippen LogP contribution in [0.3, 0.4) is 0 Å². The van der Waals surface area contributed by atoms with E-state index in [1.165, 1.54) is 16.2 Å². The summed E-state index contributed by atoms with van der Waals surface area (Å²) < 4.78 is 8.42. The number of hydrogen-bond acceptors (Lipinski definition) is 7. The number of ether oxygens (including phenoxy) is 1. The molecular weight excluding hydrogens is 376 g/mol. The number of aliphatic hydroxyl groups excluding tert-OH is 1. The number of benzene rings is 1. The summed E-state index contributed by atoms with van der Waals surface area (Å²) in [6, 6.07) is 7.49. The molecule has 10 nitrogen and oxygen atoms in total. The second-order valence-corrected chi connectivity index (χ2v) is 6.94. The first-order valence-electron chi connectivity index (χ1n) is 9.11. The lowest BCUT2D eigenvalue weighted by Gasteiger charge is -2.16. The van der Waals surface area contributed by atoms with Gasteiger partial charge >= 0.3 is 5.69 Å². The van der Waals surface area contributed by atoms with E-state index in [1.807, 2.05) is 31.2 Å². The van der Waals surface area contributed by atoms with Crippen LogP contribution in [0.4, 0.5) is 5.95 Å². The Balaban J connectivity index is 1.93. The Morgan fingerprint density at radius 2 is 2.07 bits per heavy atom. The molecule has 1 atom stereocenters. The lowest BCUT2D eigenvalue weighted by Crippen LogP contribution is -2.30. The molecule has 0 aliphatic carbocycles. The van der Waals surface area contributed by atoms with E-state index in [9.17, 15) is 14.7 Å². The van der Waals surface area contributed by atoms with Crippen LogP contribution in [-0.2, 0) is 13.6 Å². The number of hydrogen-bond donors (Lipinski definition) is 3. The molecule has 10 heteroatoms. The average Bonchev–Trinajstić information content (AvgIpc) is 3.03. The molecule has 3 aromatic rings. The summed E-state index contributed by atoms with van der Waals surface area (Å²) in [7, 11) is 1.51. The molecule has 0 unspecified atom stereocenters. The third kappa shape index (κ3) is 4.37. The van der Waals surface area contributed by atoms with Crippen molar-refractivity contribution in [3.05, 3.63) is 50.7 Å². The number of para-hydroxylation sites is 1. The van der Waals surface area contributed by atoms with Gasteiger partial charge in [0.1, 0.15) is 18.5 Å². The SMILES string of the molecule is CC(C)=NNc1nc2c(c(=O)[nH]c(=O)n2C)n1C[C@@H](O)COc1ccccc1C. The molecule has 154 valence electrons. The number of nitrogens with zero attached hydrogens (tertiary/aromatic N) is 4. The highest BCUT2D eigenvalue weighted by Crippen LogP contribution is 2.18. The third-order valence-corrected chi connectivity index (χ3v) is 4.30. The van der Waals surface area contributed by atoms with Gasteiger partial charge in [0.15, 0.2) is 11.2 Å². The summed E-state index contributed by atoms with van der Waals surface area (Å²) in [6.45, 7) is 5.55. The number of aromatic amines is 1. The van der Waals surface area contributed by atoms with E-state index in [0.717, 1.165) is 11.3 Å². The minimum atomic E-state index is -0.934. The van der Waals surface area contributed by atoms with Gasteiger partial charge in [0.2, 0.25) is 5.95 Å². The fraction of sp³-hybridized carbons (Fsp3) is 0.368. The van der Waals surface area contributed by atoms with Crippen LogP contribution in [0.25, 0.3) is 11.2 Å². The van der Waals surface area contributed by atoms with Gasteiger partial charge in [-0.05, 0) is 32.4 Å². The van der Waals surface area contributed by atoms with Gasteiger partial charge in [-0.3, -0.25) is 14.3 Å². The van der Waals surface area contributed by atoms with Crippen LogP contribution in [0.5, 0.6) is 5.75 Å². The molecule has 0 radical (unpaired) electrons. The number of nitrogens with one attached hydrogen (secondary N) is 2. The first-order valence-corrected chi connectivity index (χ1v) is 9.11. The van der Waals surface area contributed by atoms with Crippen LogP contribution in [0, 0.1) is 6.92 Å². The van der Waals surface area contributed by atoms with E-state index in [-0.39, 0.29) is 30.3 Å². The molecule has 2 aromatic heterocycles. The van der Waals surface area contributed by atoms with Crippen LogP contribution in [0.15, 0.2) is 39.0 Å². The normalized spacial score (nSPS) is 12.0. The Bertz CT molecular complexity index is 1170. The van der Waals surface area contributed by atoms with Crippen LogP contribution in [0.1, 0.15) is 19.4 Å². The lowest BCUT2D eigenvalue weighted by atomic mass is 10.2. The van der Waals surface area contributed by atoms with Crippen molar-refractivity contribution in [2.24, 2.45) is 12.1 Å². The largest absolute Gasteiger partial charge is 0.491 e. The summed E-state index contributed by atoms with van der Waals surface area (Å²) >= 11 is 0. The van der Waals surface area contributed by atoms with Crippen LogP contribution in [-0.4, -0.2) is 42.6 Å². The molecule has 3 N–H and O–H groups in total. The molecule has 29 heavy (non-hydrogen) atoms. The second-order valence-electron chi connectivity index (χ2n) is 6.94. The molecular formula is C19H24N6O4. The fourth-order valence-corrected chi connectivity index (χ4v) is 2.83. The monoisotopic (exact) mass is 400 g/mol. The predicted octanol–water partition coefficient (Wildman–Crippen LogP) is 0.979. The van der Waals surface area contributed by atoms with Crippen molar-refractivity contribution in [3.63, 3.8) is 0 Å². The quantitative estimate of drug-likeness (QED) is 0.401. The zero-order chi connectivity index (χ0) is 21.1. The predicted molar refractivity (Wildman–Crippen MR) is 111 cm³/mol. The highest BCUT2D eigenvalue weighted by atomic mass is 16.5. The first-order chi connectivity index (χ1) is 13.8. The Hall–Kier alpha value is -3.40. The number of anilines is 1. The number of imidazole rings is 1. The van der Waals surface area contributed by atoms with Crippen LogP contribution < -0.4 is 21.4 Å². The number of aromatic nitrogens is 4. The van der Waals surface area contributed by atoms with Crippen molar-refractivity contribution >= 4 is 22.8 Å². The van der Waals surface area contributed by atoms with Gasteiger partial charge in [0, 0.05) is 12.8 Å².